The topological polar surface area (TPSA) is 91.0 Å². The molecule has 8 nitrogen and oxygen atoms in total. The Morgan fingerprint density at radius 2 is 1.71 bits per heavy atom. The molecule has 4 rings (SSSR count). The van der Waals surface area contributed by atoms with E-state index < -0.39 is 12.0 Å². The third-order valence-corrected chi connectivity index (χ3v) is 6.17. The molecular formula is C25H27ClN4O4. The van der Waals surface area contributed by atoms with Gasteiger partial charge >= 0.3 is 12.0 Å². The summed E-state index contributed by atoms with van der Waals surface area (Å²) in [4.78, 5) is 42.1. The number of carbonyl (C=O) groups excluding carboxylic acids is 3. The number of piperazine rings is 1. The largest absolute Gasteiger partial charge is 0.463 e. The van der Waals surface area contributed by atoms with Crippen LogP contribution in [0.25, 0.3) is 0 Å². The summed E-state index contributed by atoms with van der Waals surface area (Å²) in [6.07, 6.45) is 0. The third-order valence-electron chi connectivity index (χ3n) is 5.91. The molecule has 1 saturated heterocycles. The van der Waals surface area contributed by atoms with E-state index in [-0.39, 0.29) is 18.5 Å². The highest BCUT2D eigenvalue weighted by Crippen LogP contribution is 2.28. The average molecular weight is 483 g/mol. The summed E-state index contributed by atoms with van der Waals surface area (Å²) < 4.78 is 5.32. The van der Waals surface area contributed by atoms with Crippen molar-refractivity contribution in [1.82, 2.24) is 20.4 Å². The highest BCUT2D eigenvalue weighted by atomic mass is 35.5. The molecule has 1 unspecified atom stereocenters. The molecule has 2 N–H and O–H groups in total. The minimum Gasteiger partial charge on any atom is -0.463 e. The first kappa shape index (κ1) is 23.8. The van der Waals surface area contributed by atoms with Crippen LogP contribution in [-0.2, 0) is 9.53 Å². The van der Waals surface area contributed by atoms with Crippen LogP contribution >= 0.6 is 11.6 Å². The molecule has 2 aliphatic heterocycles. The molecule has 0 spiro atoms. The molecule has 2 aliphatic rings. The van der Waals surface area contributed by atoms with E-state index in [1.54, 1.807) is 36.1 Å². The van der Waals surface area contributed by atoms with Gasteiger partial charge in [0.15, 0.2) is 0 Å². The third kappa shape index (κ3) is 5.40. The van der Waals surface area contributed by atoms with Crippen LogP contribution < -0.4 is 10.6 Å². The number of nitrogens with one attached hydrogen (secondary N) is 2. The fourth-order valence-corrected chi connectivity index (χ4v) is 4.32. The van der Waals surface area contributed by atoms with Gasteiger partial charge < -0.3 is 20.3 Å². The summed E-state index contributed by atoms with van der Waals surface area (Å²) >= 11 is 5.92. The van der Waals surface area contributed by atoms with Crippen LogP contribution in [0.4, 0.5) is 4.79 Å². The van der Waals surface area contributed by atoms with Gasteiger partial charge in [-0.3, -0.25) is 9.69 Å². The van der Waals surface area contributed by atoms with E-state index in [1.165, 1.54) is 0 Å². The normalized spacial score (nSPS) is 18.8. The van der Waals surface area contributed by atoms with Gasteiger partial charge in [-0.25, -0.2) is 9.59 Å². The van der Waals surface area contributed by atoms with Crippen LogP contribution in [0.15, 0.2) is 65.9 Å². The maximum absolute atomic E-state index is 12.9. The summed E-state index contributed by atoms with van der Waals surface area (Å²) in [5, 5.41) is 6.24. The number of hydrogen-bond acceptors (Lipinski definition) is 5. The second-order valence-corrected chi connectivity index (χ2v) is 8.57. The van der Waals surface area contributed by atoms with Gasteiger partial charge in [0.25, 0.3) is 5.91 Å². The molecular weight excluding hydrogens is 456 g/mol. The van der Waals surface area contributed by atoms with Crippen molar-refractivity contribution in [2.75, 3.05) is 39.3 Å². The van der Waals surface area contributed by atoms with Crippen LogP contribution in [0, 0.1) is 0 Å². The summed E-state index contributed by atoms with van der Waals surface area (Å²) in [7, 11) is 0. The van der Waals surface area contributed by atoms with Gasteiger partial charge in [0.05, 0.1) is 18.2 Å². The lowest BCUT2D eigenvalue weighted by Gasteiger charge is -2.37. The number of benzene rings is 2. The molecule has 2 aromatic carbocycles. The van der Waals surface area contributed by atoms with Crippen molar-refractivity contribution < 1.29 is 19.1 Å². The van der Waals surface area contributed by atoms with E-state index in [2.05, 4.69) is 15.5 Å². The van der Waals surface area contributed by atoms with Crippen molar-refractivity contribution >= 4 is 29.5 Å². The molecule has 3 amide bonds. The second-order valence-electron chi connectivity index (χ2n) is 8.13. The highest BCUT2D eigenvalue weighted by molar-refractivity contribution is 6.30. The van der Waals surface area contributed by atoms with Gasteiger partial charge in [0, 0.05) is 49.0 Å². The first-order chi connectivity index (χ1) is 16.5. The predicted octanol–water partition coefficient (Wildman–Crippen LogP) is 2.97. The second kappa shape index (κ2) is 10.7. The van der Waals surface area contributed by atoms with Gasteiger partial charge in [0.1, 0.15) is 0 Å². The number of halogens is 1. The summed E-state index contributed by atoms with van der Waals surface area (Å²) in [6.45, 7) is 4.65. The number of nitrogens with zero attached hydrogens (tertiary/aromatic N) is 2. The Balaban J connectivity index is 1.50. The predicted molar refractivity (Wildman–Crippen MR) is 128 cm³/mol. The van der Waals surface area contributed by atoms with E-state index in [4.69, 9.17) is 16.3 Å². The number of esters is 1. The van der Waals surface area contributed by atoms with E-state index in [1.807, 2.05) is 30.3 Å². The Labute approximate surface area is 203 Å². The van der Waals surface area contributed by atoms with Crippen LogP contribution in [0.5, 0.6) is 0 Å². The lowest BCUT2D eigenvalue weighted by molar-refractivity contribution is -0.139. The zero-order valence-corrected chi connectivity index (χ0v) is 19.7. The molecule has 0 bridgehead atoms. The Bertz CT molecular complexity index is 1080. The maximum Gasteiger partial charge on any atom is 0.338 e. The van der Waals surface area contributed by atoms with Crippen LogP contribution in [0.1, 0.15) is 28.9 Å². The van der Waals surface area contributed by atoms with Crippen LogP contribution in [0.3, 0.4) is 0 Å². The van der Waals surface area contributed by atoms with E-state index in [0.29, 0.717) is 54.6 Å². The van der Waals surface area contributed by atoms with Crippen molar-refractivity contribution in [3.05, 3.63) is 82.0 Å². The molecule has 0 aromatic heterocycles. The lowest BCUT2D eigenvalue weighted by Crippen LogP contribution is -2.52. The molecule has 178 valence electrons. The zero-order chi connectivity index (χ0) is 24.1. The van der Waals surface area contributed by atoms with Crippen molar-refractivity contribution in [3.8, 4) is 0 Å². The number of hydrogen-bond donors (Lipinski definition) is 2. The Morgan fingerprint density at radius 1 is 1.03 bits per heavy atom. The summed E-state index contributed by atoms with van der Waals surface area (Å²) in [5.74, 6) is -0.502. The zero-order valence-electron chi connectivity index (χ0n) is 18.9. The minimum absolute atomic E-state index is 0.0398. The van der Waals surface area contributed by atoms with Crippen molar-refractivity contribution in [1.29, 1.82) is 0 Å². The monoisotopic (exact) mass is 482 g/mol. The first-order valence-corrected chi connectivity index (χ1v) is 11.6. The number of ether oxygens (including phenoxy) is 1. The fourth-order valence-electron chi connectivity index (χ4n) is 4.20. The number of urea groups is 1. The fraction of sp³-hybridized carbons (Fsp3) is 0.320. The molecule has 0 saturated carbocycles. The van der Waals surface area contributed by atoms with Gasteiger partial charge in [-0.15, -0.1) is 0 Å². The summed E-state index contributed by atoms with van der Waals surface area (Å²) in [5.41, 5.74) is 2.32. The smallest absolute Gasteiger partial charge is 0.338 e. The first-order valence-electron chi connectivity index (χ1n) is 11.3. The maximum atomic E-state index is 12.9. The van der Waals surface area contributed by atoms with Crippen molar-refractivity contribution in [3.63, 3.8) is 0 Å². The summed E-state index contributed by atoms with van der Waals surface area (Å²) in [6, 6.07) is 15.2. The quantitative estimate of drug-likeness (QED) is 0.618. The van der Waals surface area contributed by atoms with Gasteiger partial charge in [0.2, 0.25) is 0 Å². The number of rotatable bonds is 6. The molecule has 2 aromatic rings. The van der Waals surface area contributed by atoms with Crippen molar-refractivity contribution in [2.45, 2.75) is 13.0 Å². The van der Waals surface area contributed by atoms with Gasteiger partial charge in [-0.05, 0) is 36.8 Å². The van der Waals surface area contributed by atoms with Gasteiger partial charge in [-0.1, -0.05) is 41.9 Å². The number of carbonyl (C=O) groups is 3. The SMILES string of the molecule is CCOC(=O)C1=C(CN2CCN(C(=O)c3ccc(Cl)cc3)CC2)NC(=O)NC1c1ccccc1. The molecule has 34 heavy (non-hydrogen) atoms. The standard InChI is InChI=1S/C25H27ClN4O4/c1-2-34-24(32)21-20(27-25(33)28-22(21)17-6-4-3-5-7-17)16-29-12-14-30(15-13-29)23(31)18-8-10-19(26)11-9-18/h3-11,22H,2,12-16H2,1H3,(H2,27,28,33). The average Bonchev–Trinajstić information content (AvgIpc) is 2.85. The van der Waals surface area contributed by atoms with E-state index in [0.717, 1.165) is 5.56 Å². The minimum atomic E-state index is -0.600. The van der Waals surface area contributed by atoms with E-state index >= 15 is 0 Å². The number of amides is 3. The van der Waals surface area contributed by atoms with E-state index in [9.17, 15) is 14.4 Å². The highest BCUT2D eigenvalue weighted by Gasteiger charge is 2.34. The Morgan fingerprint density at radius 3 is 2.35 bits per heavy atom. The molecule has 9 heteroatoms. The van der Waals surface area contributed by atoms with Crippen LogP contribution in [-0.4, -0.2) is 67.0 Å². The molecule has 1 fully saturated rings. The molecule has 0 aliphatic carbocycles. The van der Waals surface area contributed by atoms with Crippen LogP contribution in [0.2, 0.25) is 5.02 Å². The molecule has 2 heterocycles. The lowest BCUT2D eigenvalue weighted by atomic mass is 9.95. The Hall–Kier alpha value is -3.36. The van der Waals surface area contributed by atoms with Crippen molar-refractivity contribution in [2.24, 2.45) is 0 Å². The van der Waals surface area contributed by atoms with Gasteiger partial charge in [-0.2, -0.15) is 0 Å². The molecule has 1 atom stereocenters. The molecule has 0 radical (unpaired) electrons. The Kier molecular flexibility index (Phi) is 7.49.